The first-order valence-corrected chi connectivity index (χ1v) is 7.74. The number of hydrogen-bond acceptors (Lipinski definition) is 4. The van der Waals surface area contributed by atoms with Gasteiger partial charge in [0.15, 0.2) is 0 Å². The van der Waals surface area contributed by atoms with E-state index in [4.69, 9.17) is 4.74 Å². The molecule has 0 aromatic heterocycles. The van der Waals surface area contributed by atoms with E-state index in [1.54, 1.807) is 0 Å². The molecule has 1 saturated heterocycles. The van der Waals surface area contributed by atoms with E-state index >= 15 is 0 Å². The molecule has 1 N–H and O–H groups in total. The van der Waals surface area contributed by atoms with Crippen molar-refractivity contribution in [2.24, 2.45) is 0 Å². The third kappa shape index (κ3) is 4.85. The summed E-state index contributed by atoms with van der Waals surface area (Å²) < 4.78 is 47.6. The van der Waals surface area contributed by atoms with Crippen molar-refractivity contribution in [3.8, 4) is 5.75 Å². The first kappa shape index (κ1) is 18.5. The molecule has 1 aromatic carbocycles. The van der Waals surface area contributed by atoms with Crippen LogP contribution in [0.2, 0.25) is 0 Å². The number of amides is 1. The second-order valence-electron chi connectivity index (χ2n) is 5.74. The Morgan fingerprint density at radius 2 is 2.25 bits per heavy atom. The zero-order chi connectivity index (χ0) is 17.7. The van der Waals surface area contributed by atoms with Crippen LogP contribution in [-0.4, -0.2) is 55.8 Å². The number of nitrogens with one attached hydrogen (secondary N) is 1. The summed E-state index contributed by atoms with van der Waals surface area (Å²) in [5.41, 5.74) is -0.126. The normalized spacial score (nSPS) is 20.0. The van der Waals surface area contributed by atoms with Crippen molar-refractivity contribution >= 4 is 5.91 Å². The maximum Gasteiger partial charge on any atom is 0.387 e. The summed E-state index contributed by atoms with van der Waals surface area (Å²) in [7, 11) is 0. The average molecular weight is 346 g/mol. The third-order valence-corrected chi connectivity index (χ3v) is 3.95. The molecule has 1 heterocycles. The fraction of sp³-hybridized carbons (Fsp3) is 0.562. The van der Waals surface area contributed by atoms with Gasteiger partial charge in [0.2, 0.25) is 0 Å². The van der Waals surface area contributed by atoms with Crippen molar-refractivity contribution < 1.29 is 27.4 Å². The SMILES string of the molecule is CC(CNC(=O)c1ccc(F)cc1OC(F)F)N1CCOCC1C. The minimum atomic E-state index is -3.13. The van der Waals surface area contributed by atoms with Crippen molar-refractivity contribution in [3.05, 3.63) is 29.6 Å². The quantitative estimate of drug-likeness (QED) is 0.859. The number of alkyl halides is 2. The molecule has 5 nitrogen and oxygen atoms in total. The number of nitrogens with zero attached hydrogens (tertiary/aromatic N) is 1. The number of carbonyl (C=O) groups is 1. The molecular weight excluding hydrogens is 325 g/mol. The van der Waals surface area contributed by atoms with Gasteiger partial charge in [0.05, 0.1) is 18.8 Å². The van der Waals surface area contributed by atoms with Crippen LogP contribution in [-0.2, 0) is 4.74 Å². The van der Waals surface area contributed by atoms with Crippen LogP contribution in [0.4, 0.5) is 13.2 Å². The number of halogens is 3. The van der Waals surface area contributed by atoms with E-state index in [-0.39, 0.29) is 17.6 Å². The maximum absolute atomic E-state index is 13.2. The van der Waals surface area contributed by atoms with Gasteiger partial charge in [-0.3, -0.25) is 9.69 Å². The zero-order valence-electron chi connectivity index (χ0n) is 13.6. The number of morpholine rings is 1. The van der Waals surface area contributed by atoms with E-state index in [1.807, 2.05) is 13.8 Å². The molecule has 1 aliphatic rings. The Labute approximate surface area is 138 Å². The lowest BCUT2D eigenvalue weighted by Gasteiger charge is -2.37. The zero-order valence-corrected chi connectivity index (χ0v) is 13.6. The van der Waals surface area contributed by atoms with Crippen molar-refractivity contribution in [1.29, 1.82) is 0 Å². The van der Waals surface area contributed by atoms with Crippen LogP contribution in [0.5, 0.6) is 5.75 Å². The summed E-state index contributed by atoms with van der Waals surface area (Å²) in [6.45, 7) is 3.21. The van der Waals surface area contributed by atoms with E-state index < -0.39 is 24.1 Å². The second kappa shape index (κ2) is 8.34. The topological polar surface area (TPSA) is 50.8 Å². The molecule has 8 heteroatoms. The fourth-order valence-electron chi connectivity index (χ4n) is 2.72. The fourth-order valence-corrected chi connectivity index (χ4v) is 2.72. The van der Waals surface area contributed by atoms with Gasteiger partial charge in [-0.25, -0.2) is 4.39 Å². The largest absolute Gasteiger partial charge is 0.434 e. The summed E-state index contributed by atoms with van der Waals surface area (Å²) in [5, 5.41) is 2.68. The van der Waals surface area contributed by atoms with Gasteiger partial charge in [-0.2, -0.15) is 8.78 Å². The third-order valence-electron chi connectivity index (χ3n) is 3.95. The molecule has 1 amide bonds. The highest BCUT2D eigenvalue weighted by Gasteiger charge is 2.24. The summed E-state index contributed by atoms with van der Waals surface area (Å²) in [6.07, 6.45) is 0. The average Bonchev–Trinajstić information content (AvgIpc) is 2.52. The van der Waals surface area contributed by atoms with E-state index in [2.05, 4.69) is 15.0 Å². The highest BCUT2D eigenvalue weighted by Crippen LogP contribution is 2.22. The Morgan fingerprint density at radius 3 is 2.92 bits per heavy atom. The second-order valence-corrected chi connectivity index (χ2v) is 5.74. The highest BCUT2D eigenvalue weighted by molar-refractivity contribution is 5.96. The van der Waals surface area contributed by atoms with Gasteiger partial charge < -0.3 is 14.8 Å². The number of benzene rings is 1. The predicted molar refractivity (Wildman–Crippen MR) is 81.8 cm³/mol. The molecule has 0 aliphatic carbocycles. The molecule has 0 radical (unpaired) electrons. The van der Waals surface area contributed by atoms with Gasteiger partial charge in [-0.15, -0.1) is 0 Å². The van der Waals surface area contributed by atoms with Crippen LogP contribution >= 0.6 is 0 Å². The van der Waals surface area contributed by atoms with Crippen molar-refractivity contribution in [3.63, 3.8) is 0 Å². The first-order chi connectivity index (χ1) is 11.4. The Kier molecular flexibility index (Phi) is 6.44. The Balaban J connectivity index is 1.99. The molecular formula is C16H21F3N2O3. The highest BCUT2D eigenvalue weighted by atomic mass is 19.3. The minimum Gasteiger partial charge on any atom is -0.434 e. The smallest absolute Gasteiger partial charge is 0.387 e. The Bertz CT molecular complexity index is 571. The molecule has 134 valence electrons. The van der Waals surface area contributed by atoms with E-state index in [0.717, 1.165) is 24.7 Å². The molecule has 0 saturated carbocycles. The molecule has 1 aliphatic heterocycles. The van der Waals surface area contributed by atoms with Gasteiger partial charge in [0, 0.05) is 31.2 Å². The van der Waals surface area contributed by atoms with Gasteiger partial charge in [-0.05, 0) is 26.0 Å². The number of carbonyl (C=O) groups excluding carboxylic acids is 1. The van der Waals surface area contributed by atoms with Crippen molar-refractivity contribution in [2.75, 3.05) is 26.3 Å². The van der Waals surface area contributed by atoms with E-state index in [1.165, 1.54) is 0 Å². The maximum atomic E-state index is 13.2. The summed E-state index contributed by atoms with van der Waals surface area (Å²) in [5.74, 6) is -1.81. The van der Waals surface area contributed by atoms with Gasteiger partial charge >= 0.3 is 6.61 Å². The lowest BCUT2D eigenvalue weighted by atomic mass is 10.1. The van der Waals surface area contributed by atoms with Crippen molar-refractivity contribution in [1.82, 2.24) is 10.2 Å². The van der Waals surface area contributed by atoms with E-state index in [9.17, 15) is 18.0 Å². The lowest BCUT2D eigenvalue weighted by Crippen LogP contribution is -2.51. The van der Waals surface area contributed by atoms with Crippen LogP contribution in [0.1, 0.15) is 24.2 Å². The van der Waals surface area contributed by atoms with Crippen LogP contribution in [0.25, 0.3) is 0 Å². The van der Waals surface area contributed by atoms with Crippen LogP contribution in [0.15, 0.2) is 18.2 Å². The molecule has 2 unspecified atom stereocenters. The summed E-state index contributed by atoms with van der Waals surface area (Å²) >= 11 is 0. The summed E-state index contributed by atoms with van der Waals surface area (Å²) in [6, 6.07) is 3.21. The predicted octanol–water partition coefficient (Wildman–Crippen LogP) is 2.27. The Morgan fingerprint density at radius 1 is 1.50 bits per heavy atom. The Hall–Kier alpha value is -1.80. The monoisotopic (exact) mass is 346 g/mol. The molecule has 1 fully saturated rings. The van der Waals surface area contributed by atoms with Gasteiger partial charge in [0.25, 0.3) is 5.91 Å². The van der Waals surface area contributed by atoms with Crippen LogP contribution < -0.4 is 10.1 Å². The van der Waals surface area contributed by atoms with Crippen LogP contribution in [0.3, 0.4) is 0 Å². The number of rotatable bonds is 6. The number of hydrogen-bond donors (Lipinski definition) is 1. The van der Waals surface area contributed by atoms with Gasteiger partial charge in [0.1, 0.15) is 11.6 Å². The summed E-state index contributed by atoms with van der Waals surface area (Å²) in [4.78, 5) is 14.4. The minimum absolute atomic E-state index is 0.0489. The molecule has 0 bridgehead atoms. The molecule has 2 rings (SSSR count). The van der Waals surface area contributed by atoms with E-state index in [0.29, 0.717) is 19.8 Å². The first-order valence-electron chi connectivity index (χ1n) is 7.74. The van der Waals surface area contributed by atoms with Crippen molar-refractivity contribution in [2.45, 2.75) is 32.5 Å². The van der Waals surface area contributed by atoms with Crippen LogP contribution in [0, 0.1) is 5.82 Å². The molecule has 24 heavy (non-hydrogen) atoms. The van der Waals surface area contributed by atoms with Gasteiger partial charge in [-0.1, -0.05) is 0 Å². The number of ether oxygens (including phenoxy) is 2. The lowest BCUT2D eigenvalue weighted by molar-refractivity contribution is -0.0503. The standard InChI is InChI=1S/C16H21F3N2O3/c1-10(21-5-6-23-9-11(21)2)8-20-15(22)13-4-3-12(17)7-14(13)24-16(18)19/h3-4,7,10-11,16H,5-6,8-9H2,1-2H3,(H,20,22). The molecule has 1 aromatic rings. The molecule has 2 atom stereocenters. The molecule has 0 spiro atoms.